The summed E-state index contributed by atoms with van der Waals surface area (Å²) in [4.78, 5) is 0. The van der Waals surface area contributed by atoms with Crippen molar-refractivity contribution in [2.45, 2.75) is 25.6 Å². The summed E-state index contributed by atoms with van der Waals surface area (Å²) in [6.07, 6.45) is 0. The van der Waals surface area contributed by atoms with Gasteiger partial charge in [0.2, 0.25) is 10.4 Å². The molecule has 0 aliphatic rings. The van der Waals surface area contributed by atoms with Crippen LogP contribution in [0.1, 0.15) is 24.8 Å². The van der Waals surface area contributed by atoms with Crippen molar-refractivity contribution in [3.8, 4) is 0 Å². The number of para-hydroxylation sites is 1. The van der Waals surface area contributed by atoms with E-state index >= 15 is 0 Å². The van der Waals surface area contributed by atoms with Gasteiger partial charge in [0.25, 0.3) is 0 Å². The average molecular weight is 323 g/mol. The van der Waals surface area contributed by atoms with E-state index in [9.17, 15) is 13.0 Å². The van der Waals surface area contributed by atoms with E-state index in [0.717, 1.165) is 23.1 Å². The third-order valence-corrected chi connectivity index (χ3v) is 4.35. The van der Waals surface area contributed by atoms with Crippen LogP contribution in [0.25, 0.3) is 10.9 Å². The Bertz CT molecular complexity index is 684. The Morgan fingerprint density at radius 2 is 2.05 bits per heavy atom. The number of aromatic nitrogens is 1. The van der Waals surface area contributed by atoms with Crippen LogP contribution in [-0.2, 0) is 20.6 Å². The van der Waals surface area contributed by atoms with Crippen molar-refractivity contribution >= 4 is 33.3 Å². The molecule has 0 spiro atoms. The molecule has 0 amide bonds. The zero-order chi connectivity index (χ0) is 14.0. The fraction of sp³-hybridized carbons (Fsp3) is 0.333. The number of hydrogen-bond acceptors (Lipinski definition) is 5. The SMILES string of the molecule is CCn1c(C(C)SOS(=O)(=O)[O-])cc2ccccc21.[Na+]. The Hall–Kier alpha value is -0.0200. The Labute approximate surface area is 145 Å². The van der Waals surface area contributed by atoms with Crippen molar-refractivity contribution < 1.29 is 46.2 Å². The Morgan fingerprint density at radius 3 is 2.65 bits per heavy atom. The van der Waals surface area contributed by atoms with E-state index < -0.39 is 10.4 Å². The van der Waals surface area contributed by atoms with Crippen molar-refractivity contribution in [1.29, 1.82) is 0 Å². The molecule has 0 aliphatic carbocycles. The smallest absolute Gasteiger partial charge is 0.725 e. The monoisotopic (exact) mass is 323 g/mol. The predicted molar refractivity (Wildman–Crippen MR) is 74.4 cm³/mol. The zero-order valence-electron chi connectivity index (χ0n) is 11.6. The minimum atomic E-state index is -4.67. The van der Waals surface area contributed by atoms with Crippen LogP contribution in [0.4, 0.5) is 0 Å². The van der Waals surface area contributed by atoms with E-state index in [0.29, 0.717) is 12.0 Å². The molecule has 8 heteroatoms. The Morgan fingerprint density at radius 1 is 1.40 bits per heavy atom. The van der Waals surface area contributed by atoms with Gasteiger partial charge in [0.1, 0.15) is 0 Å². The van der Waals surface area contributed by atoms with Crippen molar-refractivity contribution in [1.82, 2.24) is 4.57 Å². The predicted octanol–water partition coefficient (Wildman–Crippen LogP) is -0.149. The molecule has 0 fully saturated rings. The molecule has 0 radical (unpaired) electrons. The number of nitrogens with zero attached hydrogens (tertiary/aromatic N) is 1. The van der Waals surface area contributed by atoms with Crippen molar-refractivity contribution in [3.63, 3.8) is 0 Å². The number of hydrogen-bond donors (Lipinski definition) is 0. The minimum absolute atomic E-state index is 0. The molecule has 0 aliphatic heterocycles. The van der Waals surface area contributed by atoms with Crippen molar-refractivity contribution in [2.24, 2.45) is 0 Å². The van der Waals surface area contributed by atoms with Crippen LogP contribution in [-0.4, -0.2) is 17.5 Å². The third-order valence-electron chi connectivity index (χ3n) is 2.84. The molecule has 1 atom stereocenters. The molecular formula is C12H14NNaO4S2. The molecule has 0 saturated carbocycles. The number of aryl methyl sites for hydroxylation is 1. The fourth-order valence-electron chi connectivity index (χ4n) is 2.08. The van der Waals surface area contributed by atoms with Crippen LogP contribution in [0, 0.1) is 0 Å². The second kappa shape index (κ2) is 7.31. The molecule has 104 valence electrons. The summed E-state index contributed by atoms with van der Waals surface area (Å²) in [6.45, 7) is 4.58. The van der Waals surface area contributed by atoms with Gasteiger partial charge in [-0.3, -0.25) is 0 Å². The molecule has 1 unspecified atom stereocenters. The van der Waals surface area contributed by atoms with E-state index in [1.54, 1.807) is 6.92 Å². The maximum absolute atomic E-state index is 10.5. The van der Waals surface area contributed by atoms with Gasteiger partial charge < -0.3 is 9.12 Å². The largest absolute Gasteiger partial charge is 1.00 e. The summed E-state index contributed by atoms with van der Waals surface area (Å²) < 4.78 is 37.8. The molecule has 0 saturated heterocycles. The first kappa shape index (κ1) is 18.0. The molecule has 5 nitrogen and oxygen atoms in total. The topological polar surface area (TPSA) is 71.4 Å². The summed E-state index contributed by atoms with van der Waals surface area (Å²) in [5.74, 6) is 0. The van der Waals surface area contributed by atoms with Gasteiger partial charge >= 0.3 is 29.6 Å². The van der Waals surface area contributed by atoms with Crippen molar-refractivity contribution in [3.05, 3.63) is 36.0 Å². The first-order valence-electron chi connectivity index (χ1n) is 5.81. The van der Waals surface area contributed by atoms with E-state index in [1.165, 1.54) is 0 Å². The molecule has 2 rings (SSSR count). The molecule has 1 heterocycles. The summed E-state index contributed by atoms with van der Waals surface area (Å²) in [5, 5.41) is 0.827. The molecule has 20 heavy (non-hydrogen) atoms. The van der Waals surface area contributed by atoms with Gasteiger partial charge in [0, 0.05) is 29.8 Å². The van der Waals surface area contributed by atoms with Gasteiger partial charge in [0.15, 0.2) is 0 Å². The van der Waals surface area contributed by atoms with Crippen LogP contribution >= 0.6 is 12.0 Å². The van der Waals surface area contributed by atoms with Gasteiger partial charge in [-0.2, -0.15) is 0 Å². The maximum Gasteiger partial charge on any atom is 1.00 e. The van der Waals surface area contributed by atoms with Crippen LogP contribution in [0.5, 0.6) is 0 Å². The van der Waals surface area contributed by atoms with Gasteiger partial charge in [-0.15, -0.1) is 0 Å². The molecule has 1 aromatic carbocycles. The van der Waals surface area contributed by atoms with Crippen LogP contribution in [0.3, 0.4) is 0 Å². The summed E-state index contributed by atoms with van der Waals surface area (Å²) in [5.41, 5.74) is 2.01. The summed E-state index contributed by atoms with van der Waals surface area (Å²) in [7, 11) is -4.67. The minimum Gasteiger partial charge on any atom is -0.725 e. The Balaban J connectivity index is 0.00000200. The van der Waals surface area contributed by atoms with Gasteiger partial charge in [-0.05, 0) is 31.4 Å². The molecule has 0 bridgehead atoms. The number of fused-ring (bicyclic) bond motifs is 1. The second-order valence-electron chi connectivity index (χ2n) is 4.09. The third kappa shape index (κ3) is 4.24. The van der Waals surface area contributed by atoms with Crippen LogP contribution < -0.4 is 29.6 Å². The second-order valence-corrected chi connectivity index (χ2v) is 6.35. The van der Waals surface area contributed by atoms with Crippen LogP contribution in [0.2, 0.25) is 0 Å². The Kier molecular flexibility index (Phi) is 6.59. The van der Waals surface area contributed by atoms with Gasteiger partial charge in [-0.25, -0.2) is 12.0 Å². The first-order chi connectivity index (χ1) is 8.92. The average Bonchev–Trinajstić information content (AvgIpc) is 2.73. The van der Waals surface area contributed by atoms with E-state index in [2.05, 4.69) is 8.20 Å². The first-order valence-corrected chi connectivity index (χ1v) is 7.95. The van der Waals surface area contributed by atoms with E-state index in [-0.39, 0.29) is 34.8 Å². The van der Waals surface area contributed by atoms with Crippen LogP contribution in [0.15, 0.2) is 30.3 Å². The van der Waals surface area contributed by atoms with Crippen molar-refractivity contribution in [2.75, 3.05) is 0 Å². The fourth-order valence-corrected chi connectivity index (χ4v) is 3.23. The number of benzene rings is 1. The molecule has 2 aromatic rings. The molecular weight excluding hydrogens is 309 g/mol. The zero-order valence-corrected chi connectivity index (χ0v) is 15.2. The standard InChI is InChI=1S/C12H15NO4S2.Na/c1-3-13-11-7-5-4-6-10(11)8-12(13)9(2)18-17-19(14,15)16;/h4-9H,3H2,1-2H3,(H,14,15,16);/q;+1/p-1. The molecule has 1 aromatic heterocycles. The van der Waals surface area contributed by atoms with E-state index in [4.69, 9.17) is 0 Å². The van der Waals surface area contributed by atoms with E-state index in [1.807, 2.05) is 37.3 Å². The maximum atomic E-state index is 10.5. The number of rotatable bonds is 5. The summed E-state index contributed by atoms with van der Waals surface area (Å²) in [6, 6.07) is 9.88. The normalized spacial score (nSPS) is 13.2. The quantitative estimate of drug-likeness (QED) is 0.331. The van der Waals surface area contributed by atoms with Gasteiger partial charge in [-0.1, -0.05) is 18.2 Å². The van der Waals surface area contributed by atoms with Gasteiger partial charge in [0.05, 0.1) is 5.25 Å². The molecule has 0 N–H and O–H groups in total. The summed E-state index contributed by atoms with van der Waals surface area (Å²) >= 11 is 0.660.